The second kappa shape index (κ2) is 5.98. The Kier molecular flexibility index (Phi) is 5.72. The summed E-state index contributed by atoms with van der Waals surface area (Å²) >= 11 is 0. The Morgan fingerprint density at radius 2 is 2.14 bits per heavy atom. The van der Waals surface area contributed by atoms with Gasteiger partial charge in [0.15, 0.2) is 0 Å². The topological polar surface area (TPSA) is 64.3 Å². The van der Waals surface area contributed by atoms with E-state index in [2.05, 4.69) is 12.2 Å². The van der Waals surface area contributed by atoms with Crippen molar-refractivity contribution in [3.05, 3.63) is 0 Å². The Hall–Kier alpha value is -0.610. The normalized spacial score (nSPS) is 14.0. The third-order valence-corrected chi connectivity index (χ3v) is 2.18. The van der Waals surface area contributed by atoms with Crippen LogP contribution < -0.4 is 11.1 Å². The molecule has 0 rings (SSSR count). The fraction of sp³-hybridized carbons (Fsp3) is 0.900. The third kappa shape index (κ3) is 5.19. The van der Waals surface area contributed by atoms with Crippen molar-refractivity contribution in [1.82, 2.24) is 5.32 Å². The molecule has 4 nitrogen and oxygen atoms in total. The SMILES string of the molecule is COCC(C)CNCC(C)(C)C(N)=O. The molecule has 0 saturated heterocycles. The van der Waals surface area contributed by atoms with E-state index in [1.54, 1.807) is 7.11 Å². The van der Waals surface area contributed by atoms with Gasteiger partial charge >= 0.3 is 0 Å². The van der Waals surface area contributed by atoms with Crippen LogP contribution in [-0.2, 0) is 9.53 Å². The molecule has 1 unspecified atom stereocenters. The highest BCUT2D eigenvalue weighted by Crippen LogP contribution is 2.11. The van der Waals surface area contributed by atoms with Crippen LogP contribution in [-0.4, -0.2) is 32.7 Å². The monoisotopic (exact) mass is 202 g/mol. The summed E-state index contributed by atoms with van der Waals surface area (Å²) in [7, 11) is 1.68. The van der Waals surface area contributed by atoms with E-state index in [0.717, 1.165) is 13.2 Å². The molecule has 0 aromatic rings. The fourth-order valence-electron chi connectivity index (χ4n) is 1.06. The number of carbonyl (C=O) groups excluding carboxylic acids is 1. The van der Waals surface area contributed by atoms with Gasteiger partial charge in [-0.3, -0.25) is 4.79 Å². The summed E-state index contributed by atoms with van der Waals surface area (Å²) < 4.78 is 5.00. The van der Waals surface area contributed by atoms with Crippen LogP contribution in [0.4, 0.5) is 0 Å². The van der Waals surface area contributed by atoms with Crippen LogP contribution in [0, 0.1) is 11.3 Å². The Morgan fingerprint density at radius 3 is 2.57 bits per heavy atom. The van der Waals surface area contributed by atoms with Crippen molar-refractivity contribution in [2.45, 2.75) is 20.8 Å². The molecule has 14 heavy (non-hydrogen) atoms. The van der Waals surface area contributed by atoms with E-state index in [0.29, 0.717) is 12.5 Å². The Bertz CT molecular complexity index is 181. The predicted molar refractivity (Wildman–Crippen MR) is 56.9 cm³/mol. The van der Waals surface area contributed by atoms with Crippen LogP contribution in [0.1, 0.15) is 20.8 Å². The summed E-state index contributed by atoms with van der Waals surface area (Å²) in [6.07, 6.45) is 0. The third-order valence-electron chi connectivity index (χ3n) is 2.18. The molecule has 0 saturated carbocycles. The van der Waals surface area contributed by atoms with Crippen molar-refractivity contribution in [1.29, 1.82) is 0 Å². The number of rotatable bonds is 7. The molecule has 0 aromatic carbocycles. The average Bonchev–Trinajstić information content (AvgIpc) is 2.04. The lowest BCUT2D eigenvalue weighted by Gasteiger charge is -2.22. The van der Waals surface area contributed by atoms with E-state index >= 15 is 0 Å². The summed E-state index contributed by atoms with van der Waals surface area (Å²) in [6.45, 7) is 7.94. The highest BCUT2D eigenvalue weighted by molar-refractivity contribution is 5.80. The second-order valence-corrected chi connectivity index (χ2v) is 4.44. The minimum Gasteiger partial charge on any atom is -0.384 e. The number of methoxy groups -OCH3 is 1. The van der Waals surface area contributed by atoms with Gasteiger partial charge in [-0.2, -0.15) is 0 Å². The Labute approximate surface area is 86.2 Å². The molecule has 0 aromatic heterocycles. The molecule has 1 atom stereocenters. The smallest absolute Gasteiger partial charge is 0.224 e. The summed E-state index contributed by atoms with van der Waals surface area (Å²) in [6, 6.07) is 0. The maximum Gasteiger partial charge on any atom is 0.224 e. The quantitative estimate of drug-likeness (QED) is 0.627. The molecule has 0 spiro atoms. The summed E-state index contributed by atoms with van der Waals surface area (Å²) in [5, 5.41) is 3.21. The maximum atomic E-state index is 11.0. The molecule has 0 heterocycles. The van der Waals surface area contributed by atoms with E-state index < -0.39 is 5.41 Å². The molecule has 1 amide bonds. The fourth-order valence-corrected chi connectivity index (χ4v) is 1.06. The van der Waals surface area contributed by atoms with Crippen LogP contribution in [0.3, 0.4) is 0 Å². The number of nitrogens with one attached hydrogen (secondary N) is 1. The number of ether oxygens (including phenoxy) is 1. The molecule has 4 heteroatoms. The largest absolute Gasteiger partial charge is 0.384 e. The molecule has 84 valence electrons. The lowest BCUT2D eigenvalue weighted by Crippen LogP contribution is -2.41. The van der Waals surface area contributed by atoms with Crippen molar-refractivity contribution < 1.29 is 9.53 Å². The second-order valence-electron chi connectivity index (χ2n) is 4.44. The van der Waals surface area contributed by atoms with Gasteiger partial charge < -0.3 is 15.8 Å². The van der Waals surface area contributed by atoms with E-state index in [1.807, 2.05) is 13.8 Å². The van der Waals surface area contributed by atoms with Crippen molar-refractivity contribution in [2.75, 3.05) is 26.8 Å². The molecular weight excluding hydrogens is 180 g/mol. The molecule has 0 bridgehead atoms. The molecule has 3 N–H and O–H groups in total. The van der Waals surface area contributed by atoms with Gasteiger partial charge in [-0.25, -0.2) is 0 Å². The van der Waals surface area contributed by atoms with Crippen molar-refractivity contribution >= 4 is 5.91 Å². The highest BCUT2D eigenvalue weighted by Gasteiger charge is 2.24. The van der Waals surface area contributed by atoms with Crippen molar-refractivity contribution in [3.63, 3.8) is 0 Å². The summed E-state index contributed by atoms with van der Waals surface area (Å²) in [5.74, 6) is 0.174. The first-order valence-corrected chi connectivity index (χ1v) is 4.89. The molecule has 0 aliphatic carbocycles. The minimum atomic E-state index is -0.479. The lowest BCUT2D eigenvalue weighted by molar-refractivity contribution is -0.125. The molecule has 0 fully saturated rings. The Morgan fingerprint density at radius 1 is 1.57 bits per heavy atom. The molecular formula is C10H22N2O2. The first kappa shape index (κ1) is 13.4. The van der Waals surface area contributed by atoms with Gasteiger partial charge in [-0.05, 0) is 26.3 Å². The van der Waals surface area contributed by atoms with Gasteiger partial charge in [-0.15, -0.1) is 0 Å². The number of nitrogens with two attached hydrogens (primary N) is 1. The van der Waals surface area contributed by atoms with E-state index in [4.69, 9.17) is 10.5 Å². The highest BCUT2D eigenvalue weighted by atomic mass is 16.5. The minimum absolute atomic E-state index is 0.274. The van der Waals surface area contributed by atoms with Crippen LogP contribution in [0.2, 0.25) is 0 Å². The number of primary amides is 1. The summed E-state index contributed by atoms with van der Waals surface area (Å²) in [5.41, 5.74) is 4.76. The number of hydrogen-bond acceptors (Lipinski definition) is 3. The first-order chi connectivity index (χ1) is 6.40. The van der Waals surface area contributed by atoms with Crippen LogP contribution in [0.15, 0.2) is 0 Å². The van der Waals surface area contributed by atoms with Gasteiger partial charge in [0.25, 0.3) is 0 Å². The molecule has 0 aliphatic rings. The standard InChI is InChI=1S/C10H22N2O2/c1-8(6-14-4)5-12-7-10(2,3)9(11)13/h8,12H,5-7H2,1-4H3,(H2,11,13). The predicted octanol–water partition coefficient (Wildman–Crippen LogP) is 0.370. The van der Waals surface area contributed by atoms with Gasteiger partial charge in [0.2, 0.25) is 5.91 Å². The molecule has 0 aliphatic heterocycles. The van der Waals surface area contributed by atoms with Gasteiger partial charge in [0.05, 0.1) is 5.41 Å². The van der Waals surface area contributed by atoms with E-state index in [-0.39, 0.29) is 5.91 Å². The Balaban J connectivity index is 3.68. The van der Waals surface area contributed by atoms with Crippen molar-refractivity contribution in [3.8, 4) is 0 Å². The zero-order valence-corrected chi connectivity index (χ0v) is 9.59. The van der Waals surface area contributed by atoms with E-state index in [1.165, 1.54) is 0 Å². The van der Waals surface area contributed by atoms with Gasteiger partial charge in [-0.1, -0.05) is 6.92 Å². The average molecular weight is 202 g/mol. The zero-order valence-electron chi connectivity index (χ0n) is 9.59. The first-order valence-electron chi connectivity index (χ1n) is 4.89. The maximum absolute atomic E-state index is 11.0. The van der Waals surface area contributed by atoms with Gasteiger partial charge in [0, 0.05) is 20.3 Å². The van der Waals surface area contributed by atoms with Crippen LogP contribution in [0.25, 0.3) is 0 Å². The van der Waals surface area contributed by atoms with Gasteiger partial charge in [0.1, 0.15) is 0 Å². The number of hydrogen-bond donors (Lipinski definition) is 2. The molecule has 0 radical (unpaired) electrons. The van der Waals surface area contributed by atoms with Crippen LogP contribution >= 0.6 is 0 Å². The lowest BCUT2D eigenvalue weighted by atomic mass is 9.92. The van der Waals surface area contributed by atoms with Crippen molar-refractivity contribution in [2.24, 2.45) is 17.1 Å². The number of amides is 1. The number of carbonyl (C=O) groups is 1. The van der Waals surface area contributed by atoms with Crippen LogP contribution in [0.5, 0.6) is 0 Å². The zero-order chi connectivity index (χ0) is 11.2. The van der Waals surface area contributed by atoms with E-state index in [9.17, 15) is 4.79 Å². The summed E-state index contributed by atoms with van der Waals surface area (Å²) in [4.78, 5) is 11.0.